The van der Waals surface area contributed by atoms with Crippen molar-refractivity contribution in [1.82, 2.24) is 4.90 Å². The second-order valence-corrected chi connectivity index (χ2v) is 15.7. The molecule has 0 aromatic carbocycles. The molecule has 310 valence electrons. The Kier molecular flexibility index (Phi) is 44.7. The van der Waals surface area contributed by atoms with Gasteiger partial charge in [-0.1, -0.05) is 182 Å². The Morgan fingerprint density at radius 1 is 0.423 bits per heavy atom. The van der Waals surface area contributed by atoms with E-state index in [-0.39, 0.29) is 44.8 Å². The van der Waals surface area contributed by atoms with Crippen molar-refractivity contribution in [3.8, 4) is 0 Å². The van der Waals surface area contributed by atoms with Crippen LogP contribution in [0.25, 0.3) is 0 Å². The Bertz CT molecular complexity index is 677. The van der Waals surface area contributed by atoms with E-state index in [1.54, 1.807) is 0 Å². The van der Waals surface area contributed by atoms with Gasteiger partial charge < -0.3 is 21.3 Å². The minimum absolute atomic E-state index is 0. The number of hydrogen-bond donors (Lipinski definition) is 0. The molecule has 0 heterocycles. The quantitative estimate of drug-likeness (QED) is 0.0266. The molecule has 0 saturated carbocycles. The SMILES string of the molecule is [CH2-]CN(CCCCCCOC(=O)C(CCCCCC)CCCCCCCC)CCCCCCOC(=O)C(CCCCCC)CCCCCCCC.[Mo]. The molecule has 0 aliphatic rings. The van der Waals surface area contributed by atoms with Crippen LogP contribution in [-0.4, -0.2) is 49.7 Å². The zero-order chi connectivity index (χ0) is 37.5. The maximum Gasteiger partial charge on any atom is 0.308 e. The van der Waals surface area contributed by atoms with Crippen molar-refractivity contribution in [2.45, 2.75) is 233 Å². The van der Waals surface area contributed by atoms with Gasteiger partial charge in [-0.2, -0.15) is 0 Å². The van der Waals surface area contributed by atoms with E-state index in [0.717, 1.165) is 96.7 Å². The third-order valence-corrected chi connectivity index (χ3v) is 10.8. The maximum atomic E-state index is 12.9. The van der Waals surface area contributed by atoms with Gasteiger partial charge in [0.2, 0.25) is 0 Å². The number of unbranched alkanes of at least 4 members (excludes halogenated alkanes) is 22. The Morgan fingerprint density at radius 3 is 1.02 bits per heavy atom. The van der Waals surface area contributed by atoms with Gasteiger partial charge in [0.05, 0.1) is 25.0 Å². The molecule has 0 fully saturated rings. The van der Waals surface area contributed by atoms with E-state index in [2.05, 4.69) is 39.5 Å². The molecule has 0 radical (unpaired) electrons. The fraction of sp³-hybridized carbons (Fsp3) is 0.935. The van der Waals surface area contributed by atoms with Gasteiger partial charge in [-0.25, -0.2) is 0 Å². The predicted molar refractivity (Wildman–Crippen MR) is 221 cm³/mol. The summed E-state index contributed by atoms with van der Waals surface area (Å²) in [6.45, 7) is 17.4. The normalized spacial score (nSPS) is 12.5. The average molecular weight is 817 g/mol. The first-order chi connectivity index (χ1) is 25.0. The molecule has 0 rings (SSSR count). The maximum absolute atomic E-state index is 12.9. The van der Waals surface area contributed by atoms with Crippen LogP contribution >= 0.6 is 0 Å². The van der Waals surface area contributed by atoms with Crippen LogP contribution in [0.5, 0.6) is 0 Å². The minimum atomic E-state index is 0. The second kappa shape index (κ2) is 43.3. The molecular formula is C46H90MoNO4-. The summed E-state index contributed by atoms with van der Waals surface area (Å²) in [5.74, 6) is 0.329. The number of carbonyl (C=O) groups excluding carboxylic acids is 2. The fourth-order valence-electron chi connectivity index (χ4n) is 7.24. The van der Waals surface area contributed by atoms with Crippen molar-refractivity contribution in [2.24, 2.45) is 11.8 Å². The molecule has 0 aliphatic heterocycles. The van der Waals surface area contributed by atoms with Crippen LogP contribution in [0.3, 0.4) is 0 Å². The zero-order valence-corrected chi connectivity index (χ0v) is 37.5. The summed E-state index contributed by atoms with van der Waals surface area (Å²) >= 11 is 0. The van der Waals surface area contributed by atoms with E-state index in [0.29, 0.717) is 13.2 Å². The van der Waals surface area contributed by atoms with Crippen molar-refractivity contribution in [1.29, 1.82) is 0 Å². The van der Waals surface area contributed by atoms with E-state index in [1.807, 2.05) is 0 Å². The molecule has 0 N–H and O–H groups in total. The van der Waals surface area contributed by atoms with Crippen molar-refractivity contribution >= 4 is 11.9 Å². The number of rotatable bonds is 41. The van der Waals surface area contributed by atoms with E-state index < -0.39 is 0 Å². The van der Waals surface area contributed by atoms with E-state index in [4.69, 9.17) is 9.47 Å². The van der Waals surface area contributed by atoms with Gasteiger partial charge in [-0.15, -0.1) is 6.54 Å². The van der Waals surface area contributed by atoms with Crippen LogP contribution in [0.2, 0.25) is 0 Å². The van der Waals surface area contributed by atoms with Gasteiger partial charge in [-0.05, 0) is 64.5 Å². The topological polar surface area (TPSA) is 55.8 Å². The van der Waals surface area contributed by atoms with Crippen molar-refractivity contribution in [3.63, 3.8) is 0 Å². The third-order valence-electron chi connectivity index (χ3n) is 10.8. The van der Waals surface area contributed by atoms with E-state index in [9.17, 15) is 9.59 Å². The monoisotopic (exact) mass is 819 g/mol. The summed E-state index contributed by atoms with van der Waals surface area (Å²) in [5, 5.41) is 0. The van der Waals surface area contributed by atoms with E-state index in [1.165, 1.54) is 128 Å². The summed E-state index contributed by atoms with van der Waals surface area (Å²) in [6, 6.07) is 0. The molecular weight excluding hydrogens is 726 g/mol. The zero-order valence-electron chi connectivity index (χ0n) is 35.5. The number of hydrogen-bond acceptors (Lipinski definition) is 5. The first kappa shape index (κ1) is 53.7. The molecule has 0 aliphatic carbocycles. The molecule has 2 atom stereocenters. The molecule has 0 saturated heterocycles. The first-order valence-corrected chi connectivity index (χ1v) is 22.9. The number of carbonyl (C=O) groups is 2. The Morgan fingerprint density at radius 2 is 0.692 bits per heavy atom. The average Bonchev–Trinajstić information content (AvgIpc) is 3.14. The standard InChI is InChI=1S/C46H90NO4.Mo/c1-6-11-15-19-21-29-37-43(35-27-17-13-8-3)45(48)50-41-33-25-23-31-39-47(10-5)40-32-24-26-34-42-51-46(49)44(36-28-18-14-9-4)38-30-22-20-16-12-7-2;/h43-44H,5-42H2,1-4H3;/q-1;. The van der Waals surface area contributed by atoms with Crippen molar-refractivity contribution in [2.75, 3.05) is 32.8 Å². The van der Waals surface area contributed by atoms with Gasteiger partial charge >= 0.3 is 11.9 Å². The molecule has 5 nitrogen and oxygen atoms in total. The summed E-state index contributed by atoms with van der Waals surface area (Å²) in [4.78, 5) is 28.3. The Labute approximate surface area is 340 Å². The van der Waals surface area contributed by atoms with Crippen LogP contribution in [0.15, 0.2) is 0 Å². The number of ether oxygens (including phenoxy) is 2. The summed E-state index contributed by atoms with van der Waals surface area (Å²) in [5.41, 5.74) is 0. The van der Waals surface area contributed by atoms with Crippen LogP contribution in [-0.2, 0) is 40.1 Å². The molecule has 0 aromatic heterocycles. The Balaban J connectivity index is 0. The molecule has 0 amide bonds. The van der Waals surface area contributed by atoms with E-state index >= 15 is 0 Å². The number of esters is 2. The summed E-state index contributed by atoms with van der Waals surface area (Å²) < 4.78 is 11.6. The fourth-order valence-corrected chi connectivity index (χ4v) is 7.24. The molecule has 0 aromatic rings. The molecule has 0 spiro atoms. The van der Waals surface area contributed by atoms with Gasteiger partial charge in [0.15, 0.2) is 0 Å². The molecule has 6 heteroatoms. The van der Waals surface area contributed by atoms with Crippen LogP contribution in [0, 0.1) is 18.8 Å². The van der Waals surface area contributed by atoms with Gasteiger partial charge in [0.25, 0.3) is 0 Å². The molecule has 0 bridgehead atoms. The van der Waals surface area contributed by atoms with Gasteiger partial charge in [-0.3, -0.25) is 9.59 Å². The third kappa shape index (κ3) is 35.3. The van der Waals surface area contributed by atoms with Crippen LogP contribution in [0.4, 0.5) is 0 Å². The summed E-state index contributed by atoms with van der Waals surface area (Å²) in [7, 11) is 0. The first-order valence-electron chi connectivity index (χ1n) is 22.9. The second-order valence-electron chi connectivity index (χ2n) is 15.7. The van der Waals surface area contributed by atoms with Crippen molar-refractivity contribution < 1.29 is 40.1 Å². The van der Waals surface area contributed by atoms with Gasteiger partial charge in [0.1, 0.15) is 0 Å². The van der Waals surface area contributed by atoms with Crippen LogP contribution in [0.1, 0.15) is 233 Å². The predicted octanol–water partition coefficient (Wildman–Crippen LogP) is 14.0. The van der Waals surface area contributed by atoms with Crippen molar-refractivity contribution in [3.05, 3.63) is 6.92 Å². The van der Waals surface area contributed by atoms with Crippen LogP contribution < -0.4 is 0 Å². The Hall–Kier alpha value is -0.412. The minimum Gasteiger partial charge on any atom is -0.465 e. The number of nitrogens with zero attached hydrogens (tertiary/aromatic N) is 1. The molecule has 52 heavy (non-hydrogen) atoms. The smallest absolute Gasteiger partial charge is 0.308 e. The summed E-state index contributed by atoms with van der Waals surface area (Å²) in [6.07, 6.45) is 38.0. The van der Waals surface area contributed by atoms with Gasteiger partial charge in [0, 0.05) is 21.1 Å². The molecule has 2 unspecified atom stereocenters. The largest absolute Gasteiger partial charge is 0.465 e.